The highest BCUT2D eigenvalue weighted by Crippen LogP contribution is 2.23. The molecule has 21 heavy (non-hydrogen) atoms. The third-order valence-corrected chi connectivity index (χ3v) is 3.05. The average Bonchev–Trinajstić information content (AvgIpc) is 2.47. The predicted molar refractivity (Wildman–Crippen MR) is 88.2 cm³/mol. The van der Waals surface area contributed by atoms with Gasteiger partial charge < -0.3 is 15.4 Å². The van der Waals surface area contributed by atoms with E-state index in [0.717, 1.165) is 31.5 Å². The van der Waals surface area contributed by atoms with E-state index in [1.165, 1.54) is 0 Å². The zero-order valence-corrected chi connectivity index (χ0v) is 13.3. The second-order valence-corrected chi connectivity index (χ2v) is 4.89. The fourth-order valence-electron chi connectivity index (χ4n) is 2.10. The molecule has 2 N–H and O–H groups in total. The number of benzene rings is 1. The molecule has 1 rings (SSSR count). The quantitative estimate of drug-likeness (QED) is 0.590. The second-order valence-electron chi connectivity index (χ2n) is 4.89. The lowest BCUT2D eigenvalue weighted by Crippen LogP contribution is -2.30. The summed E-state index contributed by atoms with van der Waals surface area (Å²) < 4.78 is 5.40. The van der Waals surface area contributed by atoms with E-state index in [-0.39, 0.29) is 5.91 Å². The van der Waals surface area contributed by atoms with Crippen LogP contribution in [-0.4, -0.2) is 30.5 Å². The molecule has 0 unspecified atom stereocenters. The molecule has 4 nitrogen and oxygen atoms in total. The summed E-state index contributed by atoms with van der Waals surface area (Å²) in [6.45, 7) is 8.24. The number of nitrogens with two attached hydrogens (primary N) is 1. The number of carbonyl (C=O) groups is 1. The third-order valence-electron chi connectivity index (χ3n) is 3.05. The first-order valence-electron chi connectivity index (χ1n) is 7.61. The van der Waals surface area contributed by atoms with E-state index >= 15 is 0 Å². The first-order valence-corrected chi connectivity index (χ1v) is 7.61. The van der Waals surface area contributed by atoms with Crippen molar-refractivity contribution in [3.05, 3.63) is 29.8 Å². The molecule has 4 heteroatoms. The fraction of sp³-hybridized carbons (Fsp3) is 0.471. The molecule has 0 bridgehead atoms. The molecular weight excluding hydrogens is 264 g/mol. The van der Waals surface area contributed by atoms with Gasteiger partial charge in [0.15, 0.2) is 0 Å². The number of carbonyl (C=O) groups excluding carboxylic acids is 1. The van der Waals surface area contributed by atoms with Crippen molar-refractivity contribution < 1.29 is 9.53 Å². The van der Waals surface area contributed by atoms with Gasteiger partial charge in [-0.2, -0.15) is 0 Å². The lowest BCUT2D eigenvalue weighted by molar-refractivity contribution is -0.126. The van der Waals surface area contributed by atoms with Crippen molar-refractivity contribution in [3.63, 3.8) is 0 Å². The van der Waals surface area contributed by atoms with Crippen LogP contribution in [0.3, 0.4) is 0 Å². The van der Waals surface area contributed by atoms with Gasteiger partial charge in [0.1, 0.15) is 5.75 Å². The molecule has 0 aromatic heterocycles. The molecule has 1 aromatic carbocycles. The van der Waals surface area contributed by atoms with Crippen LogP contribution in [0.15, 0.2) is 24.3 Å². The zero-order chi connectivity index (χ0) is 15.7. The fourth-order valence-corrected chi connectivity index (χ4v) is 2.10. The molecular formula is C17H26N2O2. The SMILES string of the molecule is CCCN(CCC)C(=O)/C=C\c1ccc(OCC)c(N)c1. The van der Waals surface area contributed by atoms with Gasteiger partial charge in [-0.05, 0) is 43.5 Å². The van der Waals surface area contributed by atoms with Crippen molar-refractivity contribution in [2.24, 2.45) is 0 Å². The van der Waals surface area contributed by atoms with Gasteiger partial charge in [0, 0.05) is 19.2 Å². The van der Waals surface area contributed by atoms with E-state index < -0.39 is 0 Å². The van der Waals surface area contributed by atoms with E-state index in [2.05, 4.69) is 13.8 Å². The van der Waals surface area contributed by atoms with E-state index in [0.29, 0.717) is 18.0 Å². The standard InChI is InChI=1S/C17H26N2O2/c1-4-11-19(12-5-2)17(20)10-8-14-7-9-16(21-6-3)15(18)13-14/h7-10,13H,4-6,11-12,18H2,1-3H3/b10-8-. The Kier molecular flexibility index (Phi) is 7.37. The van der Waals surface area contributed by atoms with Crippen molar-refractivity contribution in [2.75, 3.05) is 25.4 Å². The van der Waals surface area contributed by atoms with E-state index in [4.69, 9.17) is 10.5 Å². The van der Waals surface area contributed by atoms with Crippen LogP contribution < -0.4 is 10.5 Å². The number of hydrogen-bond acceptors (Lipinski definition) is 3. The summed E-state index contributed by atoms with van der Waals surface area (Å²) in [4.78, 5) is 14.0. The largest absolute Gasteiger partial charge is 0.492 e. The molecule has 0 spiro atoms. The molecule has 1 aromatic rings. The average molecular weight is 290 g/mol. The van der Waals surface area contributed by atoms with Gasteiger partial charge in [-0.15, -0.1) is 0 Å². The van der Waals surface area contributed by atoms with Gasteiger partial charge in [0.05, 0.1) is 12.3 Å². The van der Waals surface area contributed by atoms with Gasteiger partial charge >= 0.3 is 0 Å². The molecule has 0 aliphatic heterocycles. The summed E-state index contributed by atoms with van der Waals surface area (Å²) in [5, 5.41) is 0. The number of nitrogens with zero attached hydrogens (tertiary/aromatic N) is 1. The molecule has 0 saturated carbocycles. The Morgan fingerprint density at radius 2 is 1.90 bits per heavy atom. The van der Waals surface area contributed by atoms with Crippen molar-refractivity contribution in [2.45, 2.75) is 33.6 Å². The summed E-state index contributed by atoms with van der Waals surface area (Å²) in [6.07, 6.45) is 5.35. The minimum atomic E-state index is 0.0474. The summed E-state index contributed by atoms with van der Waals surface area (Å²) in [7, 11) is 0. The van der Waals surface area contributed by atoms with Crippen LogP contribution in [0.1, 0.15) is 39.2 Å². The van der Waals surface area contributed by atoms with Crippen molar-refractivity contribution in [3.8, 4) is 5.75 Å². The number of anilines is 1. The Morgan fingerprint density at radius 3 is 2.43 bits per heavy atom. The van der Waals surface area contributed by atoms with Crippen LogP contribution >= 0.6 is 0 Å². The Hall–Kier alpha value is -1.97. The highest BCUT2D eigenvalue weighted by atomic mass is 16.5. The smallest absolute Gasteiger partial charge is 0.246 e. The molecule has 116 valence electrons. The van der Waals surface area contributed by atoms with Crippen LogP contribution in [0.25, 0.3) is 6.08 Å². The van der Waals surface area contributed by atoms with E-state index in [1.54, 1.807) is 12.2 Å². The molecule has 0 saturated heterocycles. The second kappa shape index (κ2) is 9.06. The molecule has 0 atom stereocenters. The van der Waals surface area contributed by atoms with Crippen LogP contribution in [-0.2, 0) is 4.79 Å². The van der Waals surface area contributed by atoms with Crippen LogP contribution in [0.4, 0.5) is 5.69 Å². The Bertz CT molecular complexity index is 478. The molecule has 0 fully saturated rings. The number of ether oxygens (including phenoxy) is 1. The van der Waals surface area contributed by atoms with Gasteiger partial charge in [-0.1, -0.05) is 19.9 Å². The zero-order valence-electron chi connectivity index (χ0n) is 13.3. The van der Waals surface area contributed by atoms with Gasteiger partial charge in [-0.3, -0.25) is 4.79 Å². The van der Waals surface area contributed by atoms with E-state index in [9.17, 15) is 4.79 Å². The maximum atomic E-state index is 12.1. The highest BCUT2D eigenvalue weighted by Gasteiger charge is 2.08. The van der Waals surface area contributed by atoms with Crippen LogP contribution in [0.2, 0.25) is 0 Å². The minimum absolute atomic E-state index is 0.0474. The lowest BCUT2D eigenvalue weighted by atomic mass is 10.1. The van der Waals surface area contributed by atoms with E-state index in [1.807, 2.05) is 30.0 Å². The maximum absolute atomic E-state index is 12.1. The summed E-state index contributed by atoms with van der Waals surface area (Å²) >= 11 is 0. The summed E-state index contributed by atoms with van der Waals surface area (Å²) in [5.74, 6) is 0.728. The molecule has 1 amide bonds. The third kappa shape index (κ3) is 5.50. The Labute approximate surface area is 127 Å². The minimum Gasteiger partial charge on any atom is -0.492 e. The topological polar surface area (TPSA) is 55.6 Å². The summed E-state index contributed by atoms with van der Waals surface area (Å²) in [5.41, 5.74) is 7.40. The number of hydrogen-bond donors (Lipinski definition) is 1. The molecule has 0 aliphatic carbocycles. The number of amides is 1. The monoisotopic (exact) mass is 290 g/mol. The molecule has 0 aliphatic rings. The van der Waals surface area contributed by atoms with Gasteiger partial charge in [-0.25, -0.2) is 0 Å². The Morgan fingerprint density at radius 1 is 1.24 bits per heavy atom. The number of nitrogen functional groups attached to an aromatic ring is 1. The van der Waals surface area contributed by atoms with Crippen molar-refractivity contribution in [1.82, 2.24) is 4.90 Å². The maximum Gasteiger partial charge on any atom is 0.246 e. The van der Waals surface area contributed by atoms with Crippen LogP contribution in [0.5, 0.6) is 5.75 Å². The van der Waals surface area contributed by atoms with Gasteiger partial charge in [0.25, 0.3) is 0 Å². The lowest BCUT2D eigenvalue weighted by Gasteiger charge is -2.19. The first kappa shape index (κ1) is 17.1. The summed E-state index contributed by atoms with van der Waals surface area (Å²) in [6, 6.07) is 5.55. The predicted octanol–water partition coefficient (Wildman–Crippen LogP) is 3.33. The highest BCUT2D eigenvalue weighted by molar-refractivity contribution is 5.92. The van der Waals surface area contributed by atoms with Crippen molar-refractivity contribution >= 4 is 17.7 Å². The van der Waals surface area contributed by atoms with Gasteiger partial charge in [0.2, 0.25) is 5.91 Å². The Balaban J connectivity index is 2.74. The van der Waals surface area contributed by atoms with Crippen molar-refractivity contribution in [1.29, 1.82) is 0 Å². The normalized spacial score (nSPS) is 10.8. The molecule has 0 radical (unpaired) electrons. The number of rotatable bonds is 8. The first-order chi connectivity index (χ1) is 10.1. The molecule has 0 heterocycles. The van der Waals surface area contributed by atoms with Crippen LogP contribution in [0, 0.1) is 0 Å².